The summed E-state index contributed by atoms with van der Waals surface area (Å²) in [5.41, 5.74) is 2.05. The third-order valence-electron chi connectivity index (χ3n) is 5.35. The molecule has 0 aliphatic heterocycles. The van der Waals surface area contributed by atoms with Gasteiger partial charge in [0.2, 0.25) is 0 Å². The van der Waals surface area contributed by atoms with E-state index in [0.29, 0.717) is 0 Å². The Balaban J connectivity index is 0.000000196. The standard InChI is InChI=1S/C17H14O.C16H19P/c18-17(13-11-15-7-3-1-4-8-15)14-12-16-9-5-2-6-10-16;1-2-3-14-17(15-10-6-4-7-11-15)16-12-8-5-9-13-16/h1-14H;4-13H,2-3,14H2,1H3. The summed E-state index contributed by atoms with van der Waals surface area (Å²) in [6.45, 7) is 2.27. The van der Waals surface area contributed by atoms with Crippen LogP contribution in [-0.4, -0.2) is 11.9 Å². The second-order valence-corrected chi connectivity index (χ2v) is 10.4. The Morgan fingerprint density at radius 1 is 0.600 bits per heavy atom. The smallest absolute Gasteiger partial charge is 0.178 e. The first-order valence-corrected chi connectivity index (χ1v) is 13.7. The summed E-state index contributed by atoms with van der Waals surface area (Å²) >= 11 is 0. The minimum atomic E-state index is -0.157. The second-order valence-electron chi connectivity index (χ2n) is 8.07. The molecule has 0 amide bonds. The minimum absolute atomic E-state index is 0.0114. The number of unbranched alkanes of at least 4 members (excludes halogenated alkanes) is 1. The SMILES string of the molecule is CCCCP(c1ccccc1)c1ccccc1.O=C(C=Cc1ccccc1)C=Cc1ccccc1. The van der Waals surface area contributed by atoms with Gasteiger partial charge in [0.15, 0.2) is 5.78 Å². The van der Waals surface area contributed by atoms with Crippen LogP contribution in [0.15, 0.2) is 133 Å². The fourth-order valence-electron chi connectivity index (χ4n) is 3.48. The van der Waals surface area contributed by atoms with Crippen LogP contribution >= 0.6 is 7.92 Å². The summed E-state index contributed by atoms with van der Waals surface area (Å²) in [5.74, 6) is -0.0114. The van der Waals surface area contributed by atoms with Gasteiger partial charge in [0.1, 0.15) is 0 Å². The molecule has 0 spiro atoms. The van der Waals surface area contributed by atoms with E-state index >= 15 is 0 Å². The van der Waals surface area contributed by atoms with E-state index in [-0.39, 0.29) is 13.7 Å². The van der Waals surface area contributed by atoms with Crippen molar-refractivity contribution < 1.29 is 4.79 Å². The molecule has 2 heteroatoms. The van der Waals surface area contributed by atoms with Crippen LogP contribution in [0.5, 0.6) is 0 Å². The molecule has 0 aromatic heterocycles. The molecule has 176 valence electrons. The van der Waals surface area contributed by atoms with Crippen LogP contribution in [0.2, 0.25) is 0 Å². The Morgan fingerprint density at radius 3 is 1.34 bits per heavy atom. The molecule has 0 radical (unpaired) electrons. The number of rotatable bonds is 9. The molecule has 0 heterocycles. The van der Waals surface area contributed by atoms with E-state index < -0.39 is 0 Å². The molecule has 0 fully saturated rings. The van der Waals surface area contributed by atoms with E-state index in [9.17, 15) is 4.79 Å². The maximum Gasteiger partial charge on any atom is 0.178 e. The zero-order valence-electron chi connectivity index (χ0n) is 20.3. The van der Waals surface area contributed by atoms with Crippen molar-refractivity contribution in [1.82, 2.24) is 0 Å². The Morgan fingerprint density at radius 2 is 0.971 bits per heavy atom. The highest BCUT2D eigenvalue weighted by molar-refractivity contribution is 7.73. The maximum atomic E-state index is 11.6. The van der Waals surface area contributed by atoms with Crippen molar-refractivity contribution in [2.45, 2.75) is 19.8 Å². The summed E-state index contributed by atoms with van der Waals surface area (Å²) in [4.78, 5) is 11.6. The van der Waals surface area contributed by atoms with Gasteiger partial charge in [-0.2, -0.15) is 0 Å². The molecular weight excluding hydrogens is 443 g/mol. The Hall–Kier alpha value is -3.54. The third kappa shape index (κ3) is 9.69. The zero-order valence-corrected chi connectivity index (χ0v) is 21.2. The van der Waals surface area contributed by atoms with Crippen molar-refractivity contribution in [3.63, 3.8) is 0 Å². The van der Waals surface area contributed by atoms with Crippen LogP contribution in [0.1, 0.15) is 30.9 Å². The fraction of sp³-hybridized carbons (Fsp3) is 0.121. The lowest BCUT2D eigenvalue weighted by Gasteiger charge is -2.18. The molecule has 0 aliphatic carbocycles. The largest absolute Gasteiger partial charge is 0.290 e. The van der Waals surface area contributed by atoms with E-state index in [1.54, 1.807) is 12.2 Å². The maximum absolute atomic E-state index is 11.6. The van der Waals surface area contributed by atoms with Gasteiger partial charge in [-0.05, 0) is 54.4 Å². The summed E-state index contributed by atoms with van der Waals surface area (Å²) in [5, 5.41) is 3.00. The number of hydrogen-bond acceptors (Lipinski definition) is 1. The zero-order chi connectivity index (χ0) is 24.6. The van der Waals surface area contributed by atoms with Gasteiger partial charge in [-0.15, -0.1) is 0 Å². The van der Waals surface area contributed by atoms with E-state index in [1.807, 2.05) is 72.8 Å². The average molecular weight is 477 g/mol. The quantitative estimate of drug-likeness (QED) is 0.177. The summed E-state index contributed by atoms with van der Waals surface area (Å²) < 4.78 is 0. The lowest BCUT2D eigenvalue weighted by atomic mass is 10.1. The van der Waals surface area contributed by atoms with Crippen molar-refractivity contribution in [3.8, 4) is 0 Å². The molecular formula is C33H33OP. The van der Waals surface area contributed by atoms with Crippen molar-refractivity contribution >= 4 is 36.5 Å². The van der Waals surface area contributed by atoms with Gasteiger partial charge in [-0.1, -0.05) is 147 Å². The Kier molecular flexibility index (Phi) is 11.5. The molecule has 0 saturated carbocycles. The van der Waals surface area contributed by atoms with Crippen LogP contribution in [0.4, 0.5) is 0 Å². The molecule has 35 heavy (non-hydrogen) atoms. The average Bonchev–Trinajstić information content (AvgIpc) is 2.94. The summed E-state index contributed by atoms with van der Waals surface area (Å²) in [6, 6.07) is 41.4. The molecule has 1 nitrogen and oxygen atoms in total. The highest BCUT2D eigenvalue weighted by Crippen LogP contribution is 2.34. The van der Waals surface area contributed by atoms with Gasteiger partial charge in [0.05, 0.1) is 0 Å². The van der Waals surface area contributed by atoms with Crippen molar-refractivity contribution in [2.24, 2.45) is 0 Å². The van der Waals surface area contributed by atoms with Gasteiger partial charge in [0, 0.05) is 0 Å². The van der Waals surface area contributed by atoms with Gasteiger partial charge < -0.3 is 0 Å². The summed E-state index contributed by atoms with van der Waals surface area (Å²) in [7, 11) is -0.157. The highest BCUT2D eigenvalue weighted by Gasteiger charge is 2.11. The van der Waals surface area contributed by atoms with Gasteiger partial charge >= 0.3 is 0 Å². The third-order valence-corrected chi connectivity index (χ3v) is 7.96. The number of ketones is 1. The molecule has 0 N–H and O–H groups in total. The van der Waals surface area contributed by atoms with E-state index in [2.05, 4.69) is 67.6 Å². The van der Waals surface area contributed by atoms with Crippen LogP contribution in [0, 0.1) is 0 Å². The number of allylic oxidation sites excluding steroid dienone is 2. The molecule has 0 aliphatic rings. The van der Waals surface area contributed by atoms with Crippen molar-refractivity contribution in [3.05, 3.63) is 145 Å². The first-order valence-electron chi connectivity index (χ1n) is 12.1. The number of carbonyl (C=O) groups is 1. The number of hydrogen-bond donors (Lipinski definition) is 0. The van der Waals surface area contributed by atoms with Crippen molar-refractivity contribution in [2.75, 3.05) is 6.16 Å². The molecule has 4 aromatic rings. The highest BCUT2D eigenvalue weighted by atomic mass is 31.1. The lowest BCUT2D eigenvalue weighted by molar-refractivity contribution is -0.110. The molecule has 4 aromatic carbocycles. The predicted octanol–water partition coefficient (Wildman–Crippen LogP) is 7.90. The van der Waals surface area contributed by atoms with Crippen molar-refractivity contribution in [1.29, 1.82) is 0 Å². The normalized spacial score (nSPS) is 10.9. The monoisotopic (exact) mass is 476 g/mol. The molecule has 0 atom stereocenters. The van der Waals surface area contributed by atoms with E-state index in [0.717, 1.165) is 11.1 Å². The summed E-state index contributed by atoms with van der Waals surface area (Å²) in [6.07, 6.45) is 10.7. The molecule has 4 rings (SSSR count). The minimum Gasteiger partial charge on any atom is -0.290 e. The van der Waals surface area contributed by atoms with Crippen LogP contribution in [0.25, 0.3) is 12.2 Å². The van der Waals surface area contributed by atoms with Crippen LogP contribution in [-0.2, 0) is 4.79 Å². The van der Waals surface area contributed by atoms with Crippen LogP contribution < -0.4 is 10.6 Å². The topological polar surface area (TPSA) is 17.1 Å². The van der Waals surface area contributed by atoms with E-state index in [1.165, 1.54) is 29.6 Å². The molecule has 0 saturated heterocycles. The molecule has 0 bridgehead atoms. The first kappa shape index (κ1) is 26.1. The van der Waals surface area contributed by atoms with Gasteiger partial charge in [0.25, 0.3) is 0 Å². The second kappa shape index (κ2) is 15.4. The lowest BCUT2D eigenvalue weighted by Crippen LogP contribution is -2.13. The van der Waals surface area contributed by atoms with Gasteiger partial charge in [-0.25, -0.2) is 0 Å². The number of benzene rings is 4. The number of carbonyl (C=O) groups excluding carboxylic acids is 1. The molecule has 0 unspecified atom stereocenters. The van der Waals surface area contributed by atoms with Gasteiger partial charge in [-0.3, -0.25) is 4.79 Å². The van der Waals surface area contributed by atoms with Crippen LogP contribution in [0.3, 0.4) is 0 Å². The first-order chi connectivity index (χ1) is 17.3. The Bertz CT molecular complexity index is 1080. The van der Waals surface area contributed by atoms with E-state index in [4.69, 9.17) is 0 Å². The fourth-order valence-corrected chi connectivity index (χ4v) is 5.99. The predicted molar refractivity (Wildman–Crippen MR) is 155 cm³/mol. The Labute approximate surface area is 211 Å².